The number of halogens is 3. The molecule has 3 atom stereocenters. The van der Waals surface area contributed by atoms with Gasteiger partial charge in [-0.15, -0.1) is 0 Å². The molecule has 1 aliphatic carbocycles. The largest absolute Gasteiger partial charge is 0.389 e. The summed E-state index contributed by atoms with van der Waals surface area (Å²) in [5, 5.41) is 0. The fraction of sp³-hybridized carbons (Fsp3) is 0.867. The lowest BCUT2D eigenvalue weighted by Gasteiger charge is -2.19. The molecule has 0 spiro atoms. The molecule has 0 bridgehead atoms. The van der Waals surface area contributed by atoms with Gasteiger partial charge in [0, 0.05) is 6.42 Å². The van der Waals surface area contributed by atoms with Crippen LogP contribution in [0, 0.1) is 17.8 Å². The van der Waals surface area contributed by atoms with Gasteiger partial charge in [-0.05, 0) is 43.4 Å². The highest BCUT2D eigenvalue weighted by Gasteiger charge is 2.37. The lowest BCUT2D eigenvalue weighted by atomic mass is 9.89. The maximum atomic E-state index is 12.4. The number of rotatable bonds is 6. The lowest BCUT2D eigenvalue weighted by Crippen LogP contribution is -2.18. The zero-order valence-electron chi connectivity index (χ0n) is 11.5. The van der Waals surface area contributed by atoms with Crippen LogP contribution in [0.1, 0.15) is 58.8 Å². The third-order valence-electron chi connectivity index (χ3n) is 4.15. The fourth-order valence-corrected chi connectivity index (χ4v) is 2.76. The smallest absolute Gasteiger partial charge is 0.171 e. The van der Waals surface area contributed by atoms with E-state index in [1.807, 2.05) is 0 Å². The molecule has 3 heteroatoms. The van der Waals surface area contributed by atoms with E-state index < -0.39 is 12.6 Å². The van der Waals surface area contributed by atoms with Crippen molar-refractivity contribution in [2.45, 2.75) is 65.0 Å². The first-order valence-corrected chi connectivity index (χ1v) is 7.14. The monoisotopic (exact) mass is 262 g/mol. The summed E-state index contributed by atoms with van der Waals surface area (Å²) in [7, 11) is 0. The molecule has 0 amide bonds. The minimum Gasteiger partial charge on any atom is -0.171 e. The van der Waals surface area contributed by atoms with Crippen LogP contribution in [0.25, 0.3) is 0 Å². The van der Waals surface area contributed by atoms with Crippen molar-refractivity contribution in [1.29, 1.82) is 0 Å². The second kappa shape index (κ2) is 7.20. The van der Waals surface area contributed by atoms with E-state index in [1.165, 1.54) is 0 Å². The Bertz CT molecular complexity index is 255. The Labute approximate surface area is 109 Å². The summed E-state index contributed by atoms with van der Waals surface area (Å²) >= 11 is 0. The van der Waals surface area contributed by atoms with Gasteiger partial charge in [-0.25, -0.2) is 0 Å². The normalized spacial score (nSPS) is 26.9. The predicted octanol–water partition coefficient (Wildman–Crippen LogP) is 5.74. The van der Waals surface area contributed by atoms with Crippen LogP contribution in [0.15, 0.2) is 12.2 Å². The maximum absolute atomic E-state index is 12.4. The highest BCUT2D eigenvalue weighted by molar-refractivity contribution is 4.89. The van der Waals surface area contributed by atoms with Crippen LogP contribution in [0.3, 0.4) is 0 Å². The third-order valence-corrected chi connectivity index (χ3v) is 4.15. The van der Waals surface area contributed by atoms with Gasteiger partial charge in [-0.3, -0.25) is 0 Å². The molecule has 1 fully saturated rings. The summed E-state index contributed by atoms with van der Waals surface area (Å²) in [6, 6.07) is 0. The van der Waals surface area contributed by atoms with Crippen LogP contribution in [0.2, 0.25) is 0 Å². The van der Waals surface area contributed by atoms with Crippen LogP contribution in [0.4, 0.5) is 13.2 Å². The summed E-state index contributed by atoms with van der Waals surface area (Å²) in [4.78, 5) is 0. The van der Waals surface area contributed by atoms with E-state index in [-0.39, 0.29) is 11.8 Å². The summed E-state index contributed by atoms with van der Waals surface area (Å²) in [6.45, 7) is 4.36. The van der Waals surface area contributed by atoms with Gasteiger partial charge in [0.2, 0.25) is 0 Å². The number of allylic oxidation sites excluding steroid dienone is 2. The average Bonchev–Trinajstić information content (AvgIpc) is 2.69. The maximum Gasteiger partial charge on any atom is 0.389 e. The van der Waals surface area contributed by atoms with Crippen LogP contribution >= 0.6 is 0 Å². The zero-order chi connectivity index (χ0) is 13.6. The minimum absolute atomic E-state index is 0.141. The predicted molar refractivity (Wildman–Crippen MR) is 69.3 cm³/mol. The van der Waals surface area contributed by atoms with E-state index >= 15 is 0 Å². The Morgan fingerprint density at radius 2 is 1.83 bits per heavy atom. The molecule has 0 heterocycles. The highest BCUT2D eigenvalue weighted by atomic mass is 19.4. The summed E-state index contributed by atoms with van der Waals surface area (Å²) in [6.07, 6.45) is 5.39. The van der Waals surface area contributed by atoms with Crippen molar-refractivity contribution in [2.24, 2.45) is 17.8 Å². The van der Waals surface area contributed by atoms with Crippen molar-refractivity contribution in [3.63, 3.8) is 0 Å². The molecule has 0 aromatic rings. The van der Waals surface area contributed by atoms with Crippen molar-refractivity contribution in [3.8, 4) is 0 Å². The van der Waals surface area contributed by atoms with Gasteiger partial charge in [0.1, 0.15) is 0 Å². The summed E-state index contributed by atoms with van der Waals surface area (Å²) in [5.41, 5.74) is 0. The zero-order valence-corrected chi connectivity index (χ0v) is 11.5. The minimum atomic E-state index is -3.99. The van der Waals surface area contributed by atoms with Crippen molar-refractivity contribution >= 4 is 0 Å². The van der Waals surface area contributed by atoms with Crippen LogP contribution < -0.4 is 0 Å². The van der Waals surface area contributed by atoms with E-state index in [9.17, 15) is 13.2 Å². The van der Waals surface area contributed by atoms with Crippen LogP contribution in [0.5, 0.6) is 0 Å². The molecule has 106 valence electrons. The molecule has 0 radical (unpaired) electrons. The van der Waals surface area contributed by atoms with Crippen molar-refractivity contribution in [2.75, 3.05) is 0 Å². The first-order valence-electron chi connectivity index (χ1n) is 7.14. The van der Waals surface area contributed by atoms with E-state index in [2.05, 4.69) is 26.0 Å². The molecule has 18 heavy (non-hydrogen) atoms. The van der Waals surface area contributed by atoms with Crippen molar-refractivity contribution in [3.05, 3.63) is 12.2 Å². The van der Waals surface area contributed by atoms with Gasteiger partial charge in [-0.1, -0.05) is 38.8 Å². The number of alkyl halides is 3. The second-order valence-electron chi connectivity index (χ2n) is 5.73. The molecule has 0 aromatic carbocycles. The summed E-state index contributed by atoms with van der Waals surface area (Å²) < 4.78 is 37.2. The first-order chi connectivity index (χ1) is 8.42. The molecule has 0 aromatic heterocycles. The standard InChI is InChI=1S/C15H25F3/c1-3-12(2)7-4-5-8-13-9-6-10-14(13)11-15(16,17)18/h4-5,12-14H,3,6-11H2,1-2H3/b5-4-. The molecule has 1 aliphatic rings. The third kappa shape index (κ3) is 5.92. The van der Waals surface area contributed by atoms with E-state index in [0.717, 1.165) is 38.5 Å². The Hall–Kier alpha value is -0.470. The molecule has 1 rings (SSSR count). The van der Waals surface area contributed by atoms with E-state index in [0.29, 0.717) is 5.92 Å². The van der Waals surface area contributed by atoms with Crippen molar-refractivity contribution in [1.82, 2.24) is 0 Å². The highest BCUT2D eigenvalue weighted by Crippen LogP contribution is 2.41. The van der Waals surface area contributed by atoms with E-state index in [4.69, 9.17) is 0 Å². The molecule has 0 saturated heterocycles. The number of hydrogen-bond donors (Lipinski definition) is 0. The average molecular weight is 262 g/mol. The molecular formula is C15H25F3. The topological polar surface area (TPSA) is 0 Å². The second-order valence-corrected chi connectivity index (χ2v) is 5.73. The number of hydrogen-bond acceptors (Lipinski definition) is 0. The quantitative estimate of drug-likeness (QED) is 0.536. The Kier molecular flexibility index (Phi) is 6.24. The molecule has 3 unspecified atom stereocenters. The first kappa shape index (κ1) is 15.6. The van der Waals surface area contributed by atoms with Crippen LogP contribution in [-0.4, -0.2) is 6.18 Å². The van der Waals surface area contributed by atoms with Gasteiger partial charge in [0.05, 0.1) is 0 Å². The summed E-state index contributed by atoms with van der Waals surface area (Å²) in [5.74, 6) is 0.786. The fourth-order valence-electron chi connectivity index (χ4n) is 2.76. The van der Waals surface area contributed by atoms with Gasteiger partial charge in [-0.2, -0.15) is 13.2 Å². The molecule has 0 aliphatic heterocycles. The van der Waals surface area contributed by atoms with Gasteiger partial charge >= 0.3 is 6.18 Å². The van der Waals surface area contributed by atoms with Crippen LogP contribution in [-0.2, 0) is 0 Å². The van der Waals surface area contributed by atoms with E-state index in [1.54, 1.807) is 0 Å². The molecular weight excluding hydrogens is 237 g/mol. The Morgan fingerprint density at radius 1 is 1.17 bits per heavy atom. The SMILES string of the molecule is CCC(C)C/C=C\CC1CCCC1CC(F)(F)F. The molecule has 0 nitrogen and oxygen atoms in total. The van der Waals surface area contributed by atoms with Crippen molar-refractivity contribution < 1.29 is 13.2 Å². The molecule has 0 N–H and O–H groups in total. The molecule has 1 saturated carbocycles. The van der Waals surface area contributed by atoms with Gasteiger partial charge in [0.15, 0.2) is 0 Å². The Morgan fingerprint density at radius 3 is 2.44 bits per heavy atom. The van der Waals surface area contributed by atoms with Gasteiger partial charge in [0.25, 0.3) is 0 Å². The lowest BCUT2D eigenvalue weighted by molar-refractivity contribution is -0.146. The Balaban J connectivity index is 2.32. The van der Waals surface area contributed by atoms with Gasteiger partial charge < -0.3 is 0 Å².